The Labute approximate surface area is 164 Å². The van der Waals surface area contributed by atoms with Gasteiger partial charge in [0.1, 0.15) is 0 Å². The molecule has 2 heterocycles. The molecule has 0 aliphatic heterocycles. The highest BCUT2D eigenvalue weighted by Crippen LogP contribution is 2.30. The Kier molecular flexibility index (Phi) is 4.81. The van der Waals surface area contributed by atoms with Gasteiger partial charge in [0.05, 0.1) is 0 Å². The molecule has 0 fully saturated rings. The van der Waals surface area contributed by atoms with Crippen LogP contribution in [0.4, 0.5) is 10.5 Å². The minimum atomic E-state index is -0.451. The van der Waals surface area contributed by atoms with Gasteiger partial charge in [-0.15, -0.1) is 0 Å². The van der Waals surface area contributed by atoms with Crippen molar-refractivity contribution in [2.45, 2.75) is 6.42 Å². The Morgan fingerprint density at radius 2 is 1.79 bits per heavy atom. The zero-order valence-corrected chi connectivity index (χ0v) is 15.7. The summed E-state index contributed by atoms with van der Waals surface area (Å²) in [6.45, 7) is 0.517. The maximum atomic E-state index is 12.1. The van der Waals surface area contributed by atoms with Gasteiger partial charge in [0.2, 0.25) is 0 Å². The Hall–Kier alpha value is -3.60. The molecule has 2 N–H and O–H groups in total. The largest absolute Gasteiger partial charge is 0.351 e. The number of aromatic nitrogens is 2. The molecule has 0 aliphatic rings. The smallest absolute Gasteiger partial charge is 0.319 e. The minimum absolute atomic E-state index is 0.451. The molecule has 140 valence electrons. The highest BCUT2D eigenvalue weighted by molar-refractivity contribution is 5.95. The number of nitrogens with two attached hydrogens (primary N) is 1. The topological polar surface area (TPSA) is 64.2 Å². The Balaban J connectivity index is 1.66. The number of hydrogen-bond acceptors (Lipinski definition) is 2. The molecule has 5 nitrogen and oxygen atoms in total. The summed E-state index contributed by atoms with van der Waals surface area (Å²) in [7, 11) is 2.06. The van der Waals surface area contributed by atoms with Crippen LogP contribution in [0.2, 0.25) is 0 Å². The van der Waals surface area contributed by atoms with Crippen molar-refractivity contribution in [3.63, 3.8) is 0 Å². The van der Waals surface area contributed by atoms with Crippen LogP contribution in [0, 0.1) is 0 Å². The van der Waals surface area contributed by atoms with E-state index in [4.69, 9.17) is 5.73 Å². The molecule has 0 bridgehead atoms. The van der Waals surface area contributed by atoms with E-state index in [0.717, 1.165) is 33.4 Å². The number of primary amides is 1. The number of fused-ring (bicyclic) bond motifs is 1. The van der Waals surface area contributed by atoms with Gasteiger partial charge in [0.15, 0.2) is 0 Å². The van der Waals surface area contributed by atoms with E-state index in [9.17, 15) is 4.79 Å². The van der Waals surface area contributed by atoms with Crippen LogP contribution in [0.25, 0.3) is 22.2 Å². The Morgan fingerprint density at radius 3 is 2.50 bits per heavy atom. The molecule has 28 heavy (non-hydrogen) atoms. The van der Waals surface area contributed by atoms with E-state index < -0.39 is 6.03 Å². The number of benzene rings is 2. The number of urea groups is 1. The molecular weight excluding hydrogens is 348 g/mol. The van der Waals surface area contributed by atoms with Gasteiger partial charge in [-0.1, -0.05) is 30.3 Å². The van der Waals surface area contributed by atoms with E-state index in [1.165, 1.54) is 0 Å². The summed E-state index contributed by atoms with van der Waals surface area (Å²) >= 11 is 0. The summed E-state index contributed by atoms with van der Waals surface area (Å²) in [4.78, 5) is 17.7. The van der Waals surface area contributed by atoms with Gasteiger partial charge in [-0.05, 0) is 53.9 Å². The molecule has 0 radical (unpaired) electrons. The highest BCUT2D eigenvalue weighted by Gasteiger charge is 2.15. The van der Waals surface area contributed by atoms with E-state index in [1.807, 2.05) is 48.5 Å². The summed E-state index contributed by atoms with van der Waals surface area (Å²) < 4.78 is 2.17. The summed E-state index contributed by atoms with van der Waals surface area (Å²) in [5.41, 5.74) is 11.0. The fourth-order valence-corrected chi connectivity index (χ4v) is 3.55. The minimum Gasteiger partial charge on any atom is -0.351 e. The average Bonchev–Trinajstić information content (AvgIpc) is 3.05. The fraction of sp³-hybridized carbons (Fsp3) is 0.130. The number of aryl methyl sites for hydroxylation is 1. The van der Waals surface area contributed by atoms with Crippen molar-refractivity contribution in [2.24, 2.45) is 12.8 Å². The highest BCUT2D eigenvalue weighted by atomic mass is 16.2. The Bertz CT molecular complexity index is 1100. The number of carbonyl (C=O) groups is 1. The molecule has 5 heteroatoms. The van der Waals surface area contributed by atoms with Crippen molar-refractivity contribution in [3.8, 4) is 11.3 Å². The third-order valence-corrected chi connectivity index (χ3v) is 5.05. The van der Waals surface area contributed by atoms with E-state index in [0.29, 0.717) is 13.0 Å². The van der Waals surface area contributed by atoms with Crippen LogP contribution in [0.5, 0.6) is 0 Å². The fourth-order valence-electron chi connectivity index (χ4n) is 3.55. The van der Waals surface area contributed by atoms with Crippen LogP contribution < -0.4 is 10.6 Å². The van der Waals surface area contributed by atoms with E-state index in [-0.39, 0.29) is 0 Å². The summed E-state index contributed by atoms with van der Waals surface area (Å²) in [6, 6.07) is 21.9. The van der Waals surface area contributed by atoms with Crippen molar-refractivity contribution in [1.29, 1.82) is 0 Å². The number of hydrogen-bond donors (Lipinski definition) is 1. The van der Waals surface area contributed by atoms with Crippen LogP contribution >= 0.6 is 0 Å². The summed E-state index contributed by atoms with van der Waals surface area (Å²) in [6.07, 6.45) is 4.23. The quantitative estimate of drug-likeness (QED) is 0.567. The van der Waals surface area contributed by atoms with Crippen molar-refractivity contribution in [1.82, 2.24) is 9.55 Å². The van der Waals surface area contributed by atoms with Gasteiger partial charge in [-0.2, -0.15) is 0 Å². The zero-order valence-electron chi connectivity index (χ0n) is 15.7. The van der Waals surface area contributed by atoms with Crippen molar-refractivity contribution >= 4 is 22.6 Å². The first kappa shape index (κ1) is 17.8. The number of anilines is 1. The van der Waals surface area contributed by atoms with Crippen molar-refractivity contribution < 1.29 is 4.79 Å². The van der Waals surface area contributed by atoms with E-state index in [1.54, 1.807) is 17.3 Å². The van der Waals surface area contributed by atoms with Gasteiger partial charge in [0.25, 0.3) is 0 Å². The second-order valence-electron chi connectivity index (χ2n) is 6.79. The summed E-state index contributed by atoms with van der Waals surface area (Å²) in [5.74, 6) is 0. The molecule has 0 aliphatic carbocycles. The molecule has 2 aromatic carbocycles. The average molecular weight is 370 g/mol. The van der Waals surface area contributed by atoms with Gasteiger partial charge < -0.3 is 10.3 Å². The van der Waals surface area contributed by atoms with Crippen molar-refractivity contribution in [3.05, 3.63) is 84.7 Å². The third-order valence-electron chi connectivity index (χ3n) is 5.05. The predicted molar refractivity (Wildman–Crippen MR) is 113 cm³/mol. The predicted octanol–water partition coefficient (Wildman–Crippen LogP) is 4.37. The summed E-state index contributed by atoms with van der Waals surface area (Å²) in [5, 5.41) is 1.08. The van der Waals surface area contributed by atoms with Crippen LogP contribution in [0.3, 0.4) is 0 Å². The van der Waals surface area contributed by atoms with Crippen LogP contribution in [0.15, 0.2) is 79.1 Å². The molecule has 0 spiro atoms. The third kappa shape index (κ3) is 3.47. The number of amides is 2. The lowest BCUT2D eigenvalue weighted by atomic mass is 10.1. The maximum absolute atomic E-state index is 12.1. The second kappa shape index (κ2) is 7.56. The van der Waals surface area contributed by atoms with E-state index in [2.05, 4.69) is 34.8 Å². The number of nitrogens with zero attached hydrogens (tertiary/aromatic N) is 3. The molecule has 0 saturated carbocycles. The van der Waals surface area contributed by atoms with Gasteiger partial charge in [-0.25, -0.2) is 4.79 Å². The monoisotopic (exact) mass is 370 g/mol. The Morgan fingerprint density at radius 1 is 1.04 bits per heavy atom. The molecule has 2 amide bonds. The molecule has 0 unspecified atom stereocenters. The first-order chi connectivity index (χ1) is 13.6. The lowest BCUT2D eigenvalue weighted by Gasteiger charge is -2.20. The lowest BCUT2D eigenvalue weighted by molar-refractivity contribution is 0.254. The van der Waals surface area contributed by atoms with Gasteiger partial charge >= 0.3 is 6.03 Å². The number of pyridine rings is 1. The maximum Gasteiger partial charge on any atom is 0.319 e. The standard InChI is InChI=1S/C23H22N4O/c1-26-21-8-7-20(15-19(21)16-22(26)18-5-3-2-4-6-18)27(23(24)28)14-11-17-9-12-25-13-10-17/h2-10,12-13,15-16H,11,14H2,1H3,(H2,24,28). The molecule has 4 aromatic rings. The molecule has 0 saturated heterocycles. The van der Waals surface area contributed by atoms with E-state index >= 15 is 0 Å². The molecule has 2 aromatic heterocycles. The normalized spacial score (nSPS) is 10.9. The first-order valence-electron chi connectivity index (χ1n) is 9.24. The molecular formula is C23H22N4O. The lowest BCUT2D eigenvalue weighted by Crippen LogP contribution is -2.37. The molecule has 4 rings (SSSR count). The SMILES string of the molecule is Cn1c(-c2ccccc2)cc2cc(N(CCc3ccncc3)C(N)=O)ccc21. The molecule has 0 atom stereocenters. The second-order valence-corrected chi connectivity index (χ2v) is 6.79. The first-order valence-corrected chi connectivity index (χ1v) is 9.24. The van der Waals surface area contributed by atoms with Gasteiger partial charge in [0, 0.05) is 48.3 Å². The van der Waals surface area contributed by atoms with Crippen LogP contribution in [-0.2, 0) is 13.5 Å². The van der Waals surface area contributed by atoms with Crippen molar-refractivity contribution in [2.75, 3.05) is 11.4 Å². The number of carbonyl (C=O) groups excluding carboxylic acids is 1. The van der Waals surface area contributed by atoms with Crippen LogP contribution in [-0.4, -0.2) is 22.1 Å². The zero-order chi connectivity index (χ0) is 19.5. The van der Waals surface area contributed by atoms with Crippen LogP contribution in [0.1, 0.15) is 5.56 Å². The van der Waals surface area contributed by atoms with Gasteiger partial charge in [-0.3, -0.25) is 9.88 Å². The number of rotatable bonds is 5.